The lowest BCUT2D eigenvalue weighted by Crippen LogP contribution is -2.29. The molecule has 1 N–H and O–H groups in total. The van der Waals surface area contributed by atoms with E-state index in [9.17, 15) is 13.2 Å². The van der Waals surface area contributed by atoms with E-state index in [0.717, 1.165) is 35.2 Å². The third kappa shape index (κ3) is 6.58. The Balaban J connectivity index is 1.66. The van der Waals surface area contributed by atoms with Gasteiger partial charge in [0.05, 0.1) is 18.5 Å². The highest BCUT2D eigenvalue weighted by Gasteiger charge is 2.18. The Morgan fingerprint density at radius 2 is 1.48 bits per heavy atom. The molecule has 3 aromatic carbocycles. The van der Waals surface area contributed by atoms with Crippen molar-refractivity contribution in [3.05, 3.63) is 89.5 Å². The minimum Gasteiger partial charge on any atom is -0.484 e. The van der Waals surface area contributed by atoms with Gasteiger partial charge in [-0.25, -0.2) is 8.42 Å². The van der Waals surface area contributed by atoms with Gasteiger partial charge in [-0.15, -0.1) is 0 Å². The molecule has 174 valence electrons. The summed E-state index contributed by atoms with van der Waals surface area (Å²) in [6.45, 7) is 4.21. The second kappa shape index (κ2) is 11.0. The number of benzene rings is 3. The zero-order valence-electron chi connectivity index (χ0n) is 19.2. The van der Waals surface area contributed by atoms with Crippen molar-refractivity contribution in [1.29, 1.82) is 0 Å². The van der Waals surface area contributed by atoms with Crippen molar-refractivity contribution in [1.82, 2.24) is 0 Å². The second-order valence-electron chi connectivity index (χ2n) is 7.74. The molecule has 0 aromatic heterocycles. The molecule has 6 nitrogen and oxygen atoms in total. The first-order chi connectivity index (χ1) is 15.8. The molecule has 7 heteroatoms. The SMILES string of the molecule is CCc1cccc(CC)c1NC(=O)COc1ccc(N(Cc2ccccc2)S(C)(=O)=O)cc1. The maximum absolute atomic E-state index is 12.5. The lowest BCUT2D eigenvalue weighted by atomic mass is 10.0. The van der Waals surface area contributed by atoms with Crippen molar-refractivity contribution in [2.24, 2.45) is 0 Å². The summed E-state index contributed by atoms with van der Waals surface area (Å²) in [5.74, 6) is 0.248. The first kappa shape index (κ1) is 24.3. The largest absolute Gasteiger partial charge is 0.484 e. The summed E-state index contributed by atoms with van der Waals surface area (Å²) >= 11 is 0. The molecule has 0 atom stereocenters. The molecule has 0 aliphatic carbocycles. The number of sulfonamides is 1. The van der Waals surface area contributed by atoms with E-state index >= 15 is 0 Å². The number of aryl methyl sites for hydroxylation is 2. The molecule has 0 unspecified atom stereocenters. The minimum absolute atomic E-state index is 0.139. The highest BCUT2D eigenvalue weighted by molar-refractivity contribution is 7.92. The summed E-state index contributed by atoms with van der Waals surface area (Å²) in [5, 5.41) is 2.98. The third-order valence-electron chi connectivity index (χ3n) is 5.33. The van der Waals surface area contributed by atoms with E-state index in [1.807, 2.05) is 48.5 Å². The number of anilines is 2. The van der Waals surface area contributed by atoms with Gasteiger partial charge in [0.15, 0.2) is 6.61 Å². The van der Waals surface area contributed by atoms with E-state index in [-0.39, 0.29) is 19.1 Å². The van der Waals surface area contributed by atoms with Crippen molar-refractivity contribution < 1.29 is 17.9 Å². The molecule has 3 aromatic rings. The Morgan fingerprint density at radius 1 is 0.879 bits per heavy atom. The van der Waals surface area contributed by atoms with E-state index in [1.54, 1.807) is 24.3 Å². The van der Waals surface area contributed by atoms with E-state index < -0.39 is 10.0 Å². The molecule has 0 saturated carbocycles. The van der Waals surface area contributed by atoms with Crippen molar-refractivity contribution in [3.63, 3.8) is 0 Å². The van der Waals surface area contributed by atoms with E-state index in [1.165, 1.54) is 10.6 Å². The van der Waals surface area contributed by atoms with Gasteiger partial charge in [-0.1, -0.05) is 62.4 Å². The molecule has 0 spiro atoms. The Hall–Kier alpha value is -3.32. The van der Waals surface area contributed by atoms with Crippen LogP contribution in [0, 0.1) is 0 Å². The molecule has 1 amide bonds. The number of hydrogen-bond acceptors (Lipinski definition) is 4. The lowest BCUT2D eigenvalue weighted by Gasteiger charge is -2.22. The van der Waals surface area contributed by atoms with Gasteiger partial charge in [-0.3, -0.25) is 9.10 Å². The highest BCUT2D eigenvalue weighted by Crippen LogP contribution is 2.25. The first-order valence-electron chi connectivity index (χ1n) is 11.0. The van der Waals surface area contributed by atoms with Crippen molar-refractivity contribution in [3.8, 4) is 5.75 Å². The fourth-order valence-corrected chi connectivity index (χ4v) is 4.47. The Bertz CT molecular complexity index is 1150. The number of amides is 1. The zero-order chi connectivity index (χ0) is 23.8. The summed E-state index contributed by atoms with van der Waals surface area (Å²) in [6, 6.07) is 22.1. The molecule has 0 aliphatic heterocycles. The van der Waals surface area contributed by atoms with Crippen molar-refractivity contribution in [2.45, 2.75) is 33.2 Å². The van der Waals surface area contributed by atoms with Crippen LogP contribution in [0.15, 0.2) is 72.8 Å². The summed E-state index contributed by atoms with van der Waals surface area (Å²) in [6.07, 6.45) is 2.83. The minimum atomic E-state index is -3.47. The summed E-state index contributed by atoms with van der Waals surface area (Å²) in [5.41, 5.74) is 4.45. The van der Waals surface area contributed by atoms with E-state index in [4.69, 9.17) is 4.74 Å². The van der Waals surface area contributed by atoms with Gasteiger partial charge in [0.1, 0.15) is 5.75 Å². The maximum atomic E-state index is 12.5. The predicted molar refractivity (Wildman–Crippen MR) is 133 cm³/mol. The van der Waals surface area contributed by atoms with Gasteiger partial charge >= 0.3 is 0 Å². The molecule has 0 saturated heterocycles. The standard InChI is InChI=1S/C26H30N2O4S/c1-4-21-12-9-13-22(5-2)26(21)27-25(29)19-32-24-16-14-23(15-17-24)28(33(3,30)31)18-20-10-7-6-8-11-20/h6-17H,4-5,18-19H2,1-3H3,(H,27,29). The average Bonchev–Trinajstić information content (AvgIpc) is 2.81. The Labute approximate surface area is 196 Å². The molecule has 33 heavy (non-hydrogen) atoms. The molecule has 0 fully saturated rings. The van der Waals surface area contributed by atoms with Crippen LogP contribution in [0.25, 0.3) is 0 Å². The van der Waals surface area contributed by atoms with Crippen LogP contribution in [0.5, 0.6) is 5.75 Å². The van der Waals surface area contributed by atoms with Crippen LogP contribution in [0.4, 0.5) is 11.4 Å². The first-order valence-corrected chi connectivity index (χ1v) is 12.8. The molecular weight excluding hydrogens is 436 g/mol. The molecule has 0 bridgehead atoms. The van der Waals surface area contributed by atoms with Gasteiger partial charge in [-0.05, 0) is 53.8 Å². The second-order valence-corrected chi connectivity index (χ2v) is 9.65. The molecule has 0 aliphatic rings. The van der Waals surface area contributed by atoms with Gasteiger partial charge in [0, 0.05) is 5.69 Å². The van der Waals surface area contributed by atoms with Crippen molar-refractivity contribution >= 4 is 27.3 Å². The predicted octanol–water partition coefficient (Wildman–Crippen LogP) is 4.80. The number of hydrogen-bond donors (Lipinski definition) is 1. The molecule has 3 rings (SSSR count). The fourth-order valence-electron chi connectivity index (χ4n) is 3.59. The quantitative estimate of drug-likeness (QED) is 0.466. The summed E-state index contributed by atoms with van der Waals surface area (Å²) in [7, 11) is -3.47. The Kier molecular flexibility index (Phi) is 8.11. The molecule has 0 radical (unpaired) electrons. The molecular formula is C26H30N2O4S. The number of para-hydroxylation sites is 1. The van der Waals surface area contributed by atoms with E-state index in [2.05, 4.69) is 19.2 Å². The van der Waals surface area contributed by atoms with Crippen LogP contribution in [0.2, 0.25) is 0 Å². The van der Waals surface area contributed by atoms with Gasteiger partial charge in [-0.2, -0.15) is 0 Å². The number of nitrogens with zero attached hydrogens (tertiary/aromatic N) is 1. The van der Waals surface area contributed by atoms with Gasteiger partial charge in [0.2, 0.25) is 10.0 Å². The number of ether oxygens (including phenoxy) is 1. The normalized spacial score (nSPS) is 11.1. The van der Waals surface area contributed by atoms with Crippen LogP contribution >= 0.6 is 0 Å². The van der Waals surface area contributed by atoms with Crippen LogP contribution in [-0.4, -0.2) is 27.2 Å². The number of rotatable bonds is 10. The van der Waals surface area contributed by atoms with Crippen LogP contribution in [0.3, 0.4) is 0 Å². The lowest BCUT2D eigenvalue weighted by molar-refractivity contribution is -0.118. The third-order valence-corrected chi connectivity index (χ3v) is 6.47. The van der Waals surface area contributed by atoms with Gasteiger partial charge in [0.25, 0.3) is 5.91 Å². The van der Waals surface area contributed by atoms with Crippen LogP contribution in [-0.2, 0) is 34.2 Å². The molecule has 0 heterocycles. The van der Waals surface area contributed by atoms with Gasteiger partial charge < -0.3 is 10.1 Å². The highest BCUT2D eigenvalue weighted by atomic mass is 32.2. The summed E-state index contributed by atoms with van der Waals surface area (Å²) < 4.78 is 31.7. The van der Waals surface area contributed by atoms with Crippen LogP contribution in [0.1, 0.15) is 30.5 Å². The topological polar surface area (TPSA) is 75.7 Å². The van der Waals surface area contributed by atoms with Crippen molar-refractivity contribution in [2.75, 3.05) is 22.5 Å². The average molecular weight is 467 g/mol. The van der Waals surface area contributed by atoms with Crippen LogP contribution < -0.4 is 14.4 Å². The monoisotopic (exact) mass is 466 g/mol. The van der Waals surface area contributed by atoms with E-state index in [0.29, 0.717) is 11.4 Å². The number of nitrogens with one attached hydrogen (secondary N) is 1. The zero-order valence-corrected chi connectivity index (χ0v) is 20.1. The maximum Gasteiger partial charge on any atom is 0.262 e. The number of carbonyl (C=O) groups excluding carboxylic acids is 1. The summed E-state index contributed by atoms with van der Waals surface area (Å²) in [4.78, 5) is 12.5. The smallest absolute Gasteiger partial charge is 0.262 e. The Morgan fingerprint density at radius 3 is 2.03 bits per heavy atom. The fraction of sp³-hybridized carbons (Fsp3) is 0.269. The number of carbonyl (C=O) groups is 1.